The molecule has 9 heterocycles. The smallest absolute Gasteiger partial charge is 0.160 e. The van der Waals surface area contributed by atoms with Crippen molar-refractivity contribution in [2.45, 2.75) is 0 Å². The van der Waals surface area contributed by atoms with Crippen LogP contribution in [0.1, 0.15) is 0 Å². The molecule has 0 aliphatic carbocycles. The average molecular weight is 1720 g/mol. The monoisotopic (exact) mass is 1720 g/mol. The minimum atomic E-state index is 0.681. The molecule has 0 saturated carbocycles. The Morgan fingerprint density at radius 3 is 1.16 bits per heavy atom. The summed E-state index contributed by atoms with van der Waals surface area (Å²) in [4.78, 5) is 31.7. The van der Waals surface area contributed by atoms with Gasteiger partial charge in [0.2, 0.25) is 0 Å². The quantitative estimate of drug-likeness (QED) is 0.146. The molecule has 29 rings (SSSR count). The highest BCUT2D eigenvalue weighted by molar-refractivity contribution is 7.26. The van der Waals surface area contributed by atoms with Gasteiger partial charge in [-0.3, -0.25) is 0 Å². The molecule has 0 N–H and O–H groups in total. The molecule has 0 aliphatic rings. The lowest BCUT2D eigenvalue weighted by Crippen LogP contribution is -1.97. The largest absolute Gasteiger partial charge is 0.456 e. The number of hydrogen-bond acceptors (Lipinski definition) is 11. The third-order valence-corrected chi connectivity index (χ3v) is 28.4. The van der Waals surface area contributed by atoms with Crippen LogP contribution in [0.2, 0.25) is 0 Å². The summed E-state index contributed by atoms with van der Waals surface area (Å²) >= 11 is 3.66. The van der Waals surface area contributed by atoms with Gasteiger partial charge in [-0.2, -0.15) is 0 Å². The van der Waals surface area contributed by atoms with E-state index in [4.69, 9.17) is 43.2 Å². The maximum absolute atomic E-state index is 6.45. The zero-order chi connectivity index (χ0) is 86.6. The van der Waals surface area contributed by atoms with Gasteiger partial charge in [0.05, 0.1) is 55.4 Å². The Morgan fingerprint density at radius 2 is 0.553 bits per heavy atom. The van der Waals surface area contributed by atoms with Gasteiger partial charge >= 0.3 is 0 Å². The van der Waals surface area contributed by atoms with Crippen molar-refractivity contribution >= 4 is 216 Å². The molecule has 0 amide bonds. The summed E-state index contributed by atoms with van der Waals surface area (Å²) in [6.45, 7) is 0. The van der Waals surface area contributed by atoms with E-state index in [-0.39, 0.29) is 0 Å². The van der Waals surface area contributed by atoms with Crippen molar-refractivity contribution in [2.75, 3.05) is 0 Å². The summed E-state index contributed by atoms with van der Waals surface area (Å²) in [5, 5.41) is 24.1. The van der Waals surface area contributed by atoms with Gasteiger partial charge in [0.15, 0.2) is 17.5 Å². The lowest BCUT2D eigenvalue weighted by molar-refractivity contribution is 0.668. The Hall–Kier alpha value is -17.2. The van der Waals surface area contributed by atoms with E-state index in [1.807, 2.05) is 59.1 Å². The Kier molecular flexibility index (Phi) is 17.2. The van der Waals surface area contributed by atoms with Crippen LogP contribution in [0.4, 0.5) is 0 Å². The van der Waals surface area contributed by atoms with E-state index >= 15 is 0 Å². The zero-order valence-electron chi connectivity index (χ0n) is 70.5. The molecule has 10 nitrogen and oxygen atoms in total. The van der Waals surface area contributed by atoms with Crippen molar-refractivity contribution in [2.24, 2.45) is 0 Å². The minimum Gasteiger partial charge on any atom is -0.456 e. The lowest BCUT2D eigenvalue weighted by Gasteiger charge is -2.12. The maximum Gasteiger partial charge on any atom is 0.160 e. The number of thiophene rings is 2. The number of hydrogen-bond donors (Lipinski definition) is 0. The number of furan rings is 3. The molecule has 0 saturated heterocycles. The Labute approximate surface area is 761 Å². The Morgan fingerprint density at radius 1 is 0.182 bits per heavy atom. The van der Waals surface area contributed by atoms with E-state index in [9.17, 15) is 0 Å². The van der Waals surface area contributed by atoms with Gasteiger partial charge in [0, 0.05) is 128 Å². The number of aromatic nitrogens is 7. The third kappa shape index (κ3) is 12.2. The molecule has 0 bridgehead atoms. The number of nitrogens with zero attached hydrogens (tertiary/aromatic N) is 7. The maximum atomic E-state index is 6.45. The highest BCUT2D eigenvalue weighted by Gasteiger charge is 2.26. The van der Waals surface area contributed by atoms with Crippen LogP contribution in [-0.4, -0.2) is 34.5 Å². The molecule has 0 spiro atoms. The van der Waals surface area contributed by atoms with Crippen LogP contribution in [0.15, 0.2) is 432 Å². The third-order valence-electron chi connectivity index (χ3n) is 26.1. The Bertz CT molecular complexity index is 9830. The van der Waals surface area contributed by atoms with Crippen LogP contribution < -0.4 is 0 Å². The highest BCUT2D eigenvalue weighted by Crippen LogP contribution is 2.49. The van der Waals surface area contributed by atoms with Gasteiger partial charge < -0.3 is 17.8 Å². The van der Waals surface area contributed by atoms with Gasteiger partial charge in [0.25, 0.3) is 0 Å². The molecule has 12 heteroatoms. The average Bonchev–Trinajstić information content (AvgIpc) is 1.50. The molecule has 0 aliphatic heterocycles. The van der Waals surface area contributed by atoms with Crippen LogP contribution in [-0.2, 0) is 0 Å². The van der Waals surface area contributed by atoms with Gasteiger partial charge in [-0.25, -0.2) is 29.9 Å². The van der Waals surface area contributed by atoms with E-state index in [2.05, 4.69) is 387 Å². The van der Waals surface area contributed by atoms with Crippen LogP contribution in [0.5, 0.6) is 0 Å². The zero-order valence-corrected chi connectivity index (χ0v) is 72.1. The lowest BCUT2D eigenvalue weighted by atomic mass is 9.99. The SMILES string of the molecule is c1ccc(-c2nc(-c3ccc4c(c3)oc3ccccc34)nc3c2ccc2sc4ccc5ccccc5c4c23)cc1.c1ccc(-c2nc(-c3ccc4c5ccccc5n(-c5ccccc5)c4c3)nc3c2ccc2oc4ccc5ccccc5c4c23)cc1.c1ccc(-c2nc(-c3cccc(-c4ccc5sc6ccccc6c5c4)c3)nc3c2ccc2oc4ccc5ccccc5c4c23)cc1. The summed E-state index contributed by atoms with van der Waals surface area (Å²) in [5.74, 6) is 2.07. The fourth-order valence-electron chi connectivity index (χ4n) is 20.1. The summed E-state index contributed by atoms with van der Waals surface area (Å²) in [6, 6.07) is 147. The second-order valence-corrected chi connectivity index (χ2v) is 35.9. The molecule has 0 radical (unpaired) electrons. The van der Waals surface area contributed by atoms with Gasteiger partial charge in [0.1, 0.15) is 33.5 Å². The Balaban J connectivity index is 0.000000102. The van der Waals surface area contributed by atoms with E-state index in [0.29, 0.717) is 17.5 Å². The number of rotatable bonds is 8. The highest BCUT2D eigenvalue weighted by atomic mass is 32.1. The molecule has 20 aromatic carbocycles. The number of benzene rings is 20. The van der Waals surface area contributed by atoms with E-state index in [1.54, 1.807) is 0 Å². The first-order valence-electron chi connectivity index (χ1n) is 44.3. The standard InChI is InChI=1S/C42H25N3O.C42H24N2OS.C36H20N2OS/c1-3-12-27(13-4-1)40-33-22-24-37-39(38-30-16-8-7-11-26(30)20-23-36(38)46-37)41(33)44-42(43-40)28-19-21-32-31-17-9-10-18-34(31)45(35(32)25-28)29-14-5-2-6-15-29;1-2-10-26(11-3-1)40-32-19-21-35-39(38-30-14-5-4-9-25(30)17-20-34(38)45-35)41(32)44-42(43-40)29-13-8-12-27(23-29)28-18-22-37-33(24-28)31-15-6-7-16-36(31)46-37;1-2-9-22(10-3-1)34-27-17-19-31-33(32-24-11-5-4-8-21(24)15-18-30(32)40-31)35(27)38-36(37-34)23-14-16-26-25-12-6-7-13-28(25)39-29(26)20-23/h1-25H;1-24H;1-20H. The van der Waals surface area contributed by atoms with Gasteiger partial charge in [-0.1, -0.05) is 297 Å². The minimum absolute atomic E-state index is 0.681. The summed E-state index contributed by atoms with van der Waals surface area (Å²) in [7, 11) is 0. The molecular formula is C120H69N7O3S2. The first-order chi connectivity index (χ1) is 65.4. The van der Waals surface area contributed by atoms with Crippen LogP contribution in [0.3, 0.4) is 0 Å². The van der Waals surface area contributed by atoms with Crippen LogP contribution in [0, 0.1) is 0 Å². The van der Waals surface area contributed by atoms with Gasteiger partial charge in [-0.05, 0) is 165 Å². The summed E-state index contributed by atoms with van der Waals surface area (Å²) in [5.41, 5.74) is 22.4. The normalized spacial score (nSPS) is 11.9. The van der Waals surface area contributed by atoms with E-state index in [0.717, 1.165) is 177 Å². The second-order valence-electron chi connectivity index (χ2n) is 33.7. The van der Waals surface area contributed by atoms with Crippen molar-refractivity contribution in [3.8, 4) is 84.7 Å². The molecule has 614 valence electrons. The van der Waals surface area contributed by atoms with Crippen molar-refractivity contribution in [3.63, 3.8) is 0 Å². The first-order valence-corrected chi connectivity index (χ1v) is 45.9. The predicted octanol–water partition coefficient (Wildman–Crippen LogP) is 33.5. The van der Waals surface area contributed by atoms with Crippen LogP contribution >= 0.6 is 22.7 Å². The second kappa shape index (κ2) is 30.3. The number of para-hydroxylation sites is 3. The molecular weight excluding hydrogens is 1650 g/mol. The molecule has 9 aromatic heterocycles. The fourth-order valence-corrected chi connectivity index (χ4v) is 22.3. The predicted molar refractivity (Wildman–Crippen MR) is 551 cm³/mol. The topological polar surface area (TPSA) is 122 Å². The fraction of sp³-hybridized carbons (Fsp3) is 0. The molecule has 29 aromatic rings. The first kappa shape index (κ1) is 75.0. The van der Waals surface area contributed by atoms with Crippen LogP contribution in [0.25, 0.3) is 278 Å². The summed E-state index contributed by atoms with van der Waals surface area (Å²) in [6.07, 6.45) is 0. The molecule has 0 atom stereocenters. The molecule has 132 heavy (non-hydrogen) atoms. The molecule has 0 unspecified atom stereocenters. The summed E-state index contributed by atoms with van der Waals surface area (Å²) < 4.78 is 26.6. The molecule has 0 fully saturated rings. The van der Waals surface area contributed by atoms with Crippen molar-refractivity contribution < 1.29 is 13.3 Å². The number of fused-ring (bicyclic) bond motifs is 30. The van der Waals surface area contributed by atoms with E-state index < -0.39 is 0 Å². The van der Waals surface area contributed by atoms with Crippen molar-refractivity contribution in [1.29, 1.82) is 0 Å². The van der Waals surface area contributed by atoms with Gasteiger partial charge in [-0.15, -0.1) is 22.7 Å². The van der Waals surface area contributed by atoms with E-state index in [1.165, 1.54) is 83.7 Å². The van der Waals surface area contributed by atoms with Crippen molar-refractivity contribution in [3.05, 3.63) is 419 Å². The van der Waals surface area contributed by atoms with Crippen molar-refractivity contribution in [1.82, 2.24) is 34.5 Å².